The average molecular weight is 351 g/mol. The Labute approximate surface area is 145 Å². The summed E-state index contributed by atoms with van der Waals surface area (Å²) >= 11 is 5.84. The maximum atomic E-state index is 12.0. The Kier molecular flexibility index (Phi) is 5.92. The highest BCUT2D eigenvalue weighted by Crippen LogP contribution is 2.19. The number of aryl methyl sites for hydroxylation is 1. The Bertz CT molecular complexity index is 712. The molecule has 2 rings (SSSR count). The number of benzene rings is 1. The molecule has 0 aliphatic heterocycles. The van der Waals surface area contributed by atoms with Gasteiger partial charge in [-0.25, -0.2) is 0 Å². The van der Waals surface area contributed by atoms with Crippen LogP contribution in [0.25, 0.3) is 11.4 Å². The predicted molar refractivity (Wildman–Crippen MR) is 89.4 cm³/mol. The number of amides is 2. The van der Waals surface area contributed by atoms with Gasteiger partial charge < -0.3 is 14.3 Å². The molecule has 0 aliphatic rings. The molecule has 0 atom stereocenters. The van der Waals surface area contributed by atoms with Crippen LogP contribution in [0.3, 0.4) is 0 Å². The van der Waals surface area contributed by atoms with E-state index >= 15 is 0 Å². The number of halogens is 1. The Morgan fingerprint density at radius 1 is 1.12 bits per heavy atom. The second-order valence-electron chi connectivity index (χ2n) is 5.56. The summed E-state index contributed by atoms with van der Waals surface area (Å²) in [6.07, 6.45) is 0.513. The standard InChI is InChI=1S/C16H19ClN4O3/c1-20(2)15(23)10-21(3)14(22)9-8-13-18-16(19-24-13)11-4-6-12(17)7-5-11/h4-7H,8-10H2,1-3H3. The lowest BCUT2D eigenvalue weighted by molar-refractivity contribution is -0.138. The Morgan fingerprint density at radius 3 is 2.42 bits per heavy atom. The number of rotatable bonds is 6. The molecular formula is C16H19ClN4O3. The van der Waals surface area contributed by atoms with Gasteiger partial charge in [-0.05, 0) is 24.3 Å². The normalized spacial score (nSPS) is 10.5. The van der Waals surface area contributed by atoms with Crippen molar-refractivity contribution in [1.82, 2.24) is 19.9 Å². The van der Waals surface area contributed by atoms with Crippen LogP contribution < -0.4 is 0 Å². The molecule has 0 radical (unpaired) electrons. The summed E-state index contributed by atoms with van der Waals surface area (Å²) in [5.41, 5.74) is 0.787. The van der Waals surface area contributed by atoms with E-state index in [9.17, 15) is 9.59 Å². The Hall–Kier alpha value is -2.41. The number of hydrogen-bond acceptors (Lipinski definition) is 5. The van der Waals surface area contributed by atoms with Gasteiger partial charge in [-0.3, -0.25) is 9.59 Å². The molecule has 0 aliphatic carbocycles. The van der Waals surface area contributed by atoms with Crippen LogP contribution in [0.15, 0.2) is 28.8 Å². The number of aromatic nitrogens is 2. The van der Waals surface area contributed by atoms with Gasteiger partial charge in [0.05, 0.1) is 6.54 Å². The van der Waals surface area contributed by atoms with E-state index in [0.717, 1.165) is 5.56 Å². The molecule has 0 saturated heterocycles. The molecule has 8 heteroatoms. The highest BCUT2D eigenvalue weighted by molar-refractivity contribution is 6.30. The summed E-state index contributed by atoms with van der Waals surface area (Å²) in [5, 5.41) is 4.52. The molecule has 1 heterocycles. The zero-order chi connectivity index (χ0) is 17.7. The molecule has 7 nitrogen and oxygen atoms in total. The SMILES string of the molecule is CN(C)C(=O)CN(C)C(=O)CCc1nc(-c2ccc(Cl)cc2)no1. The van der Waals surface area contributed by atoms with Crippen LogP contribution in [0.5, 0.6) is 0 Å². The van der Waals surface area contributed by atoms with Crippen LogP contribution in [0.2, 0.25) is 5.02 Å². The second kappa shape index (κ2) is 7.92. The Balaban J connectivity index is 1.89. The first-order chi connectivity index (χ1) is 11.4. The lowest BCUT2D eigenvalue weighted by Gasteiger charge is -2.18. The minimum atomic E-state index is -0.156. The van der Waals surface area contributed by atoms with Gasteiger partial charge in [0.1, 0.15) is 0 Å². The smallest absolute Gasteiger partial charge is 0.241 e. The lowest BCUT2D eigenvalue weighted by atomic mass is 10.2. The molecule has 0 bridgehead atoms. The number of hydrogen-bond donors (Lipinski definition) is 0. The third-order valence-corrected chi connectivity index (χ3v) is 3.67. The number of carbonyl (C=O) groups is 2. The van der Waals surface area contributed by atoms with E-state index < -0.39 is 0 Å². The van der Waals surface area contributed by atoms with Gasteiger partial charge >= 0.3 is 0 Å². The molecule has 2 aromatic rings. The lowest BCUT2D eigenvalue weighted by Crippen LogP contribution is -2.37. The molecule has 0 unspecified atom stereocenters. The third kappa shape index (κ3) is 4.79. The molecule has 0 fully saturated rings. The average Bonchev–Trinajstić information content (AvgIpc) is 3.02. The fourth-order valence-corrected chi connectivity index (χ4v) is 2.04. The quantitative estimate of drug-likeness (QED) is 0.794. The molecule has 128 valence electrons. The summed E-state index contributed by atoms with van der Waals surface area (Å²) in [6, 6.07) is 7.08. The van der Waals surface area contributed by atoms with E-state index in [2.05, 4.69) is 10.1 Å². The summed E-state index contributed by atoms with van der Waals surface area (Å²) in [6.45, 7) is 0.0473. The van der Waals surface area contributed by atoms with Crippen LogP contribution in [-0.2, 0) is 16.0 Å². The van der Waals surface area contributed by atoms with Crippen LogP contribution >= 0.6 is 11.6 Å². The molecule has 1 aromatic heterocycles. The van der Waals surface area contributed by atoms with Crippen molar-refractivity contribution in [2.45, 2.75) is 12.8 Å². The summed E-state index contributed by atoms with van der Waals surface area (Å²) in [5.74, 6) is 0.538. The van der Waals surface area contributed by atoms with Crippen molar-refractivity contribution in [2.75, 3.05) is 27.7 Å². The van der Waals surface area contributed by atoms with Crippen molar-refractivity contribution in [1.29, 1.82) is 0 Å². The maximum absolute atomic E-state index is 12.0. The first-order valence-corrected chi connectivity index (χ1v) is 7.77. The number of nitrogens with zero attached hydrogens (tertiary/aromatic N) is 4. The fraction of sp³-hybridized carbons (Fsp3) is 0.375. The molecule has 1 aromatic carbocycles. The van der Waals surface area contributed by atoms with Gasteiger partial charge in [-0.2, -0.15) is 4.98 Å². The summed E-state index contributed by atoms with van der Waals surface area (Å²) < 4.78 is 5.16. The van der Waals surface area contributed by atoms with Crippen molar-refractivity contribution in [3.8, 4) is 11.4 Å². The highest BCUT2D eigenvalue weighted by atomic mass is 35.5. The van der Waals surface area contributed by atoms with Crippen molar-refractivity contribution < 1.29 is 14.1 Å². The Morgan fingerprint density at radius 2 is 1.79 bits per heavy atom. The molecular weight excluding hydrogens is 332 g/mol. The minimum absolute atomic E-state index is 0.0473. The first kappa shape index (κ1) is 17.9. The molecule has 0 N–H and O–H groups in total. The molecule has 24 heavy (non-hydrogen) atoms. The zero-order valence-electron chi connectivity index (χ0n) is 13.8. The molecule has 2 amide bonds. The van der Waals surface area contributed by atoms with Crippen molar-refractivity contribution in [3.05, 3.63) is 35.2 Å². The van der Waals surface area contributed by atoms with Crippen LogP contribution in [0.1, 0.15) is 12.3 Å². The van der Waals surface area contributed by atoms with Crippen molar-refractivity contribution in [3.63, 3.8) is 0 Å². The zero-order valence-corrected chi connectivity index (χ0v) is 14.6. The van der Waals surface area contributed by atoms with E-state index in [4.69, 9.17) is 16.1 Å². The number of likely N-dealkylation sites (N-methyl/N-ethyl adjacent to an activating group) is 2. The van der Waals surface area contributed by atoms with Crippen LogP contribution in [0, 0.1) is 0 Å². The molecule has 0 spiro atoms. The van der Waals surface area contributed by atoms with Gasteiger partial charge in [-0.1, -0.05) is 16.8 Å². The van der Waals surface area contributed by atoms with E-state index in [1.165, 1.54) is 9.80 Å². The highest BCUT2D eigenvalue weighted by Gasteiger charge is 2.16. The topological polar surface area (TPSA) is 79.5 Å². The van der Waals surface area contributed by atoms with Gasteiger partial charge in [0.25, 0.3) is 0 Å². The summed E-state index contributed by atoms with van der Waals surface area (Å²) in [4.78, 5) is 30.7. The van der Waals surface area contributed by atoms with Gasteiger partial charge in [0.2, 0.25) is 23.5 Å². The second-order valence-corrected chi connectivity index (χ2v) is 5.99. The van der Waals surface area contributed by atoms with Gasteiger partial charge in [-0.15, -0.1) is 0 Å². The van der Waals surface area contributed by atoms with Crippen LogP contribution in [-0.4, -0.2) is 59.4 Å². The van der Waals surface area contributed by atoms with Crippen LogP contribution in [0.4, 0.5) is 0 Å². The maximum Gasteiger partial charge on any atom is 0.241 e. The van der Waals surface area contributed by atoms with E-state index in [0.29, 0.717) is 23.2 Å². The van der Waals surface area contributed by atoms with E-state index in [1.54, 1.807) is 45.4 Å². The van der Waals surface area contributed by atoms with Crippen molar-refractivity contribution >= 4 is 23.4 Å². The van der Waals surface area contributed by atoms with Gasteiger partial charge in [0, 0.05) is 44.6 Å². The monoisotopic (exact) mass is 350 g/mol. The van der Waals surface area contributed by atoms with Crippen molar-refractivity contribution in [2.24, 2.45) is 0 Å². The van der Waals surface area contributed by atoms with Gasteiger partial charge in [0.15, 0.2) is 0 Å². The fourth-order valence-electron chi connectivity index (χ4n) is 1.91. The van der Waals surface area contributed by atoms with E-state index in [1.807, 2.05) is 0 Å². The largest absolute Gasteiger partial charge is 0.347 e. The number of carbonyl (C=O) groups excluding carboxylic acids is 2. The molecule has 0 saturated carbocycles. The first-order valence-electron chi connectivity index (χ1n) is 7.39. The minimum Gasteiger partial charge on any atom is -0.347 e. The third-order valence-electron chi connectivity index (χ3n) is 3.42. The van der Waals surface area contributed by atoms with E-state index in [-0.39, 0.29) is 24.8 Å². The predicted octanol–water partition coefficient (Wildman–Crippen LogP) is 1.87. The summed E-state index contributed by atoms with van der Waals surface area (Å²) in [7, 11) is 4.89.